The van der Waals surface area contributed by atoms with Crippen LogP contribution >= 0.6 is 0 Å². The predicted octanol–water partition coefficient (Wildman–Crippen LogP) is 0.819. The third-order valence-electron chi connectivity index (χ3n) is 4.67. The zero-order valence-corrected chi connectivity index (χ0v) is 16.8. The molecule has 2 unspecified atom stereocenters. The van der Waals surface area contributed by atoms with Gasteiger partial charge in [0.2, 0.25) is 0 Å². The van der Waals surface area contributed by atoms with Crippen LogP contribution < -0.4 is 26.8 Å². The number of nitrogens with zero attached hydrogens (tertiary/aromatic N) is 2. The zero-order chi connectivity index (χ0) is 22.4. The summed E-state index contributed by atoms with van der Waals surface area (Å²) in [6.45, 7) is 0.846. The SMILES string of the molecule is NC(N)=NCc1cccc(N2CC(COc3ccc(CC(N)C(=O)O)cc3)OC2=O)c1. The molecule has 1 aliphatic heterocycles. The van der Waals surface area contributed by atoms with Gasteiger partial charge in [0.15, 0.2) is 12.1 Å². The highest BCUT2D eigenvalue weighted by Crippen LogP contribution is 2.24. The lowest BCUT2D eigenvalue weighted by atomic mass is 10.1. The molecule has 31 heavy (non-hydrogen) atoms. The lowest BCUT2D eigenvalue weighted by Gasteiger charge is -2.14. The predicted molar refractivity (Wildman–Crippen MR) is 115 cm³/mol. The number of amides is 1. The highest BCUT2D eigenvalue weighted by Gasteiger charge is 2.33. The average Bonchev–Trinajstić information content (AvgIpc) is 3.12. The van der Waals surface area contributed by atoms with Crippen LogP contribution in [0.25, 0.3) is 0 Å². The van der Waals surface area contributed by atoms with Crippen LogP contribution in [0.15, 0.2) is 53.5 Å². The molecule has 10 heteroatoms. The Labute approximate surface area is 179 Å². The van der Waals surface area contributed by atoms with Crippen LogP contribution in [0.4, 0.5) is 10.5 Å². The summed E-state index contributed by atoms with van der Waals surface area (Å²) >= 11 is 0. The number of guanidine groups is 1. The van der Waals surface area contributed by atoms with Crippen LogP contribution in [-0.4, -0.2) is 48.4 Å². The Morgan fingerprint density at radius 3 is 2.65 bits per heavy atom. The molecule has 0 aromatic heterocycles. The normalized spacial score (nSPS) is 16.5. The van der Waals surface area contributed by atoms with Crippen LogP contribution in [0.5, 0.6) is 5.75 Å². The van der Waals surface area contributed by atoms with Gasteiger partial charge in [0.25, 0.3) is 0 Å². The molecule has 10 nitrogen and oxygen atoms in total. The van der Waals surface area contributed by atoms with Crippen LogP contribution in [0, 0.1) is 0 Å². The maximum Gasteiger partial charge on any atom is 0.414 e. The highest BCUT2D eigenvalue weighted by atomic mass is 16.6. The molecule has 0 spiro atoms. The fourth-order valence-electron chi connectivity index (χ4n) is 3.08. The fraction of sp³-hybridized carbons (Fsp3) is 0.286. The maximum absolute atomic E-state index is 12.3. The number of cyclic esters (lactones) is 1. The summed E-state index contributed by atoms with van der Waals surface area (Å²) in [5, 5.41) is 8.88. The summed E-state index contributed by atoms with van der Waals surface area (Å²) in [4.78, 5) is 28.6. The number of rotatable bonds is 9. The van der Waals surface area contributed by atoms with Gasteiger partial charge in [-0.15, -0.1) is 0 Å². The minimum atomic E-state index is -1.05. The molecule has 2 aromatic carbocycles. The molecule has 0 saturated carbocycles. The molecule has 1 saturated heterocycles. The number of aliphatic imine (C=N–C) groups is 1. The fourth-order valence-corrected chi connectivity index (χ4v) is 3.08. The van der Waals surface area contributed by atoms with Gasteiger partial charge in [0.1, 0.15) is 18.4 Å². The van der Waals surface area contributed by atoms with E-state index in [4.69, 9.17) is 31.8 Å². The van der Waals surface area contributed by atoms with E-state index in [1.165, 1.54) is 4.90 Å². The minimum absolute atomic E-state index is 0.000890. The molecular formula is C21H25N5O5. The summed E-state index contributed by atoms with van der Waals surface area (Å²) in [5.74, 6) is -0.461. The van der Waals surface area contributed by atoms with Crippen molar-refractivity contribution in [2.24, 2.45) is 22.2 Å². The van der Waals surface area contributed by atoms with Gasteiger partial charge in [-0.25, -0.2) is 9.79 Å². The molecule has 2 aromatic rings. The number of hydrogen-bond donors (Lipinski definition) is 4. The summed E-state index contributed by atoms with van der Waals surface area (Å²) < 4.78 is 11.1. The first-order valence-corrected chi connectivity index (χ1v) is 9.64. The summed E-state index contributed by atoms with van der Waals surface area (Å²) in [6, 6.07) is 13.3. The molecular weight excluding hydrogens is 402 g/mol. The second-order valence-electron chi connectivity index (χ2n) is 7.13. The molecule has 164 valence electrons. The lowest BCUT2D eigenvalue weighted by Crippen LogP contribution is -2.32. The summed E-state index contributed by atoms with van der Waals surface area (Å²) in [6.07, 6.45) is -0.660. The Bertz CT molecular complexity index is 959. The van der Waals surface area contributed by atoms with Gasteiger partial charge in [0, 0.05) is 5.69 Å². The third-order valence-corrected chi connectivity index (χ3v) is 4.67. The Balaban J connectivity index is 1.54. The molecule has 0 bridgehead atoms. The van der Waals surface area contributed by atoms with Crippen LogP contribution in [-0.2, 0) is 22.5 Å². The number of hydrogen-bond acceptors (Lipinski definition) is 6. The van der Waals surface area contributed by atoms with E-state index in [0.29, 0.717) is 24.5 Å². The van der Waals surface area contributed by atoms with E-state index in [2.05, 4.69) is 4.99 Å². The first-order valence-electron chi connectivity index (χ1n) is 9.64. The molecule has 3 rings (SSSR count). The average molecular weight is 427 g/mol. The first-order chi connectivity index (χ1) is 14.8. The van der Waals surface area contributed by atoms with Gasteiger partial charge in [-0.1, -0.05) is 24.3 Å². The summed E-state index contributed by atoms with van der Waals surface area (Å²) in [7, 11) is 0. The van der Waals surface area contributed by atoms with Crippen molar-refractivity contribution in [3.05, 3.63) is 59.7 Å². The van der Waals surface area contributed by atoms with Crippen molar-refractivity contribution in [2.45, 2.75) is 25.1 Å². The van der Waals surface area contributed by atoms with E-state index in [1.54, 1.807) is 24.3 Å². The largest absolute Gasteiger partial charge is 0.490 e. The van der Waals surface area contributed by atoms with Gasteiger partial charge in [-0.2, -0.15) is 0 Å². The highest BCUT2D eigenvalue weighted by molar-refractivity contribution is 5.89. The maximum atomic E-state index is 12.3. The summed E-state index contributed by atoms with van der Waals surface area (Å²) in [5.41, 5.74) is 18.6. The molecule has 2 atom stereocenters. The number of ether oxygens (including phenoxy) is 2. The molecule has 0 radical (unpaired) electrons. The van der Waals surface area contributed by atoms with Crippen molar-refractivity contribution < 1.29 is 24.2 Å². The molecule has 1 heterocycles. The van der Waals surface area contributed by atoms with E-state index in [-0.39, 0.29) is 19.0 Å². The quantitative estimate of drug-likeness (QED) is 0.337. The lowest BCUT2D eigenvalue weighted by molar-refractivity contribution is -0.138. The number of carbonyl (C=O) groups is 2. The van der Waals surface area contributed by atoms with E-state index in [1.807, 2.05) is 24.3 Å². The molecule has 7 N–H and O–H groups in total. The third kappa shape index (κ3) is 6.09. The van der Waals surface area contributed by atoms with E-state index in [0.717, 1.165) is 11.1 Å². The number of carboxylic acids is 1. The van der Waals surface area contributed by atoms with E-state index >= 15 is 0 Å². The topological polar surface area (TPSA) is 166 Å². The smallest absolute Gasteiger partial charge is 0.414 e. The van der Waals surface area contributed by atoms with Crippen molar-refractivity contribution in [1.29, 1.82) is 0 Å². The molecule has 1 aliphatic rings. The van der Waals surface area contributed by atoms with Crippen LogP contribution in [0.3, 0.4) is 0 Å². The van der Waals surface area contributed by atoms with Gasteiger partial charge in [-0.3, -0.25) is 9.69 Å². The number of carbonyl (C=O) groups excluding carboxylic acids is 1. The number of carboxylic acid groups (broad SMARTS) is 1. The van der Waals surface area contributed by atoms with Crippen molar-refractivity contribution in [1.82, 2.24) is 0 Å². The van der Waals surface area contributed by atoms with Crippen molar-refractivity contribution in [2.75, 3.05) is 18.1 Å². The number of benzene rings is 2. The standard InChI is InChI=1S/C21H25N5O5/c22-18(19(27)28)9-13-4-6-16(7-5-13)30-12-17-11-26(21(29)31-17)15-3-1-2-14(8-15)10-25-20(23)24/h1-8,17-18H,9-12,22H2,(H,27,28)(H4,23,24,25). The number of aliphatic carboxylic acids is 1. The molecule has 1 amide bonds. The minimum Gasteiger partial charge on any atom is -0.490 e. The van der Waals surface area contributed by atoms with Crippen molar-refractivity contribution >= 4 is 23.7 Å². The number of anilines is 1. The van der Waals surface area contributed by atoms with Gasteiger partial charge in [0.05, 0.1) is 13.1 Å². The van der Waals surface area contributed by atoms with Gasteiger partial charge in [-0.05, 0) is 41.8 Å². The second kappa shape index (κ2) is 9.81. The van der Waals surface area contributed by atoms with Gasteiger partial charge < -0.3 is 31.8 Å². The second-order valence-corrected chi connectivity index (χ2v) is 7.13. The Morgan fingerprint density at radius 1 is 1.23 bits per heavy atom. The van der Waals surface area contributed by atoms with E-state index in [9.17, 15) is 9.59 Å². The van der Waals surface area contributed by atoms with Crippen molar-refractivity contribution in [3.63, 3.8) is 0 Å². The van der Waals surface area contributed by atoms with Gasteiger partial charge >= 0.3 is 12.1 Å². The first kappa shape index (κ1) is 21.9. The van der Waals surface area contributed by atoms with Crippen molar-refractivity contribution in [3.8, 4) is 5.75 Å². The molecule has 1 fully saturated rings. The van der Waals surface area contributed by atoms with E-state index < -0.39 is 24.2 Å². The van der Waals surface area contributed by atoms with Crippen LogP contribution in [0.2, 0.25) is 0 Å². The zero-order valence-electron chi connectivity index (χ0n) is 16.8. The monoisotopic (exact) mass is 427 g/mol. The Kier molecular flexibility index (Phi) is 6.93. The number of nitrogens with two attached hydrogens (primary N) is 3. The molecule has 0 aliphatic carbocycles. The van der Waals surface area contributed by atoms with Crippen LogP contribution in [0.1, 0.15) is 11.1 Å². The Hall–Kier alpha value is -3.79. The Morgan fingerprint density at radius 2 is 1.97 bits per heavy atom.